The van der Waals surface area contributed by atoms with Gasteiger partial charge in [-0.3, -0.25) is 4.68 Å². The number of aryl methyl sites for hydroxylation is 1. The Morgan fingerprint density at radius 3 is 2.65 bits per heavy atom. The Hall–Kier alpha value is -0.870. The van der Waals surface area contributed by atoms with Crippen LogP contribution >= 0.6 is 0 Å². The maximum atomic E-state index is 6.84. The summed E-state index contributed by atoms with van der Waals surface area (Å²) in [6.07, 6.45) is 4.92. The van der Waals surface area contributed by atoms with Crippen molar-refractivity contribution in [2.24, 2.45) is 5.92 Å². The van der Waals surface area contributed by atoms with Gasteiger partial charge in [0.15, 0.2) is 0 Å². The summed E-state index contributed by atoms with van der Waals surface area (Å²) in [5.74, 6) is 0.432. The highest BCUT2D eigenvalue weighted by Gasteiger charge is 2.51. The molecular weight excluding hydrogens is 252 g/mol. The van der Waals surface area contributed by atoms with Gasteiger partial charge in [0.05, 0.1) is 24.0 Å². The molecule has 0 N–H and O–H groups in total. The first-order chi connectivity index (χ1) is 9.53. The number of nitrogens with zero attached hydrogens (tertiary/aromatic N) is 2. The smallest absolute Gasteiger partial charge is 0.113 e. The molecule has 2 aliphatic heterocycles. The van der Waals surface area contributed by atoms with E-state index < -0.39 is 0 Å². The third-order valence-corrected chi connectivity index (χ3v) is 5.12. The molecule has 1 unspecified atom stereocenters. The van der Waals surface area contributed by atoms with Crippen molar-refractivity contribution in [3.8, 4) is 0 Å². The molecule has 1 aromatic rings. The summed E-state index contributed by atoms with van der Waals surface area (Å²) < 4.78 is 14.6. The van der Waals surface area contributed by atoms with Crippen LogP contribution in [0.25, 0.3) is 0 Å². The summed E-state index contributed by atoms with van der Waals surface area (Å²) >= 11 is 0. The molecule has 1 saturated heterocycles. The molecule has 1 fully saturated rings. The minimum Gasteiger partial charge on any atom is -0.381 e. The van der Waals surface area contributed by atoms with Crippen LogP contribution in [0.3, 0.4) is 0 Å². The van der Waals surface area contributed by atoms with Gasteiger partial charge in [0.25, 0.3) is 0 Å². The van der Waals surface area contributed by atoms with Gasteiger partial charge in [-0.05, 0) is 24.8 Å². The van der Waals surface area contributed by atoms with Crippen molar-refractivity contribution >= 4 is 0 Å². The normalized spacial score (nSPS) is 28.9. The molecule has 0 saturated carbocycles. The average molecular weight is 278 g/mol. The fourth-order valence-electron chi connectivity index (χ4n) is 3.93. The van der Waals surface area contributed by atoms with E-state index in [0.29, 0.717) is 5.92 Å². The van der Waals surface area contributed by atoms with Crippen molar-refractivity contribution in [2.75, 3.05) is 13.2 Å². The van der Waals surface area contributed by atoms with E-state index in [-0.39, 0.29) is 11.2 Å². The number of rotatable bonds is 2. The van der Waals surface area contributed by atoms with E-state index in [1.807, 2.05) is 6.20 Å². The zero-order valence-corrected chi connectivity index (χ0v) is 13.1. The van der Waals surface area contributed by atoms with Crippen molar-refractivity contribution in [1.29, 1.82) is 0 Å². The van der Waals surface area contributed by atoms with E-state index in [1.54, 1.807) is 0 Å². The molecule has 0 radical (unpaired) electrons. The van der Waals surface area contributed by atoms with Gasteiger partial charge in [-0.25, -0.2) is 0 Å². The minimum absolute atomic E-state index is 0.0933. The largest absolute Gasteiger partial charge is 0.381 e. The van der Waals surface area contributed by atoms with Crippen molar-refractivity contribution in [3.63, 3.8) is 0 Å². The molecule has 3 heterocycles. The first-order valence-corrected chi connectivity index (χ1v) is 7.84. The lowest BCUT2D eigenvalue weighted by Crippen LogP contribution is -2.56. The van der Waals surface area contributed by atoms with Crippen LogP contribution in [0, 0.1) is 12.8 Å². The zero-order valence-electron chi connectivity index (χ0n) is 13.1. The maximum Gasteiger partial charge on any atom is 0.113 e. The van der Waals surface area contributed by atoms with Crippen LogP contribution in [0.15, 0.2) is 6.20 Å². The van der Waals surface area contributed by atoms with E-state index in [2.05, 4.69) is 37.5 Å². The van der Waals surface area contributed by atoms with Crippen molar-refractivity contribution < 1.29 is 9.47 Å². The second-order valence-electron chi connectivity index (χ2n) is 6.63. The molecule has 1 atom stereocenters. The molecule has 0 aliphatic carbocycles. The Morgan fingerprint density at radius 2 is 2.05 bits per heavy atom. The standard InChI is InChI=1S/C16H26N2O2/c1-5-16(12(2)3)14-13(4)10-17-18(14)11-15(20-16)6-8-19-9-7-15/h10,12H,5-9,11H2,1-4H3. The molecule has 1 aromatic heterocycles. The lowest BCUT2D eigenvalue weighted by molar-refractivity contribution is -0.239. The van der Waals surface area contributed by atoms with E-state index in [4.69, 9.17) is 9.47 Å². The Labute approximate surface area is 121 Å². The quantitative estimate of drug-likeness (QED) is 0.834. The van der Waals surface area contributed by atoms with Gasteiger partial charge in [0.1, 0.15) is 5.60 Å². The zero-order chi connectivity index (χ0) is 14.4. The molecule has 2 aliphatic rings. The number of ether oxygens (including phenoxy) is 2. The van der Waals surface area contributed by atoms with E-state index in [9.17, 15) is 0 Å². The van der Waals surface area contributed by atoms with Crippen LogP contribution in [0.5, 0.6) is 0 Å². The van der Waals surface area contributed by atoms with Gasteiger partial charge in [0, 0.05) is 26.1 Å². The molecule has 0 aromatic carbocycles. The second kappa shape index (κ2) is 4.85. The predicted octanol–water partition coefficient (Wildman–Crippen LogP) is 3.03. The highest BCUT2D eigenvalue weighted by atomic mass is 16.5. The maximum absolute atomic E-state index is 6.84. The SMILES string of the molecule is CCC1(C(C)C)OC2(CCOCC2)Cn2ncc(C)c21. The van der Waals surface area contributed by atoms with Gasteiger partial charge < -0.3 is 9.47 Å². The predicted molar refractivity (Wildman–Crippen MR) is 77.6 cm³/mol. The molecule has 112 valence electrons. The summed E-state index contributed by atoms with van der Waals surface area (Å²) in [5, 5.41) is 4.63. The Balaban J connectivity index is 2.10. The first-order valence-electron chi connectivity index (χ1n) is 7.84. The molecule has 4 heteroatoms. The number of aromatic nitrogens is 2. The van der Waals surface area contributed by atoms with Crippen molar-refractivity contribution in [2.45, 2.75) is 64.7 Å². The number of hydrogen-bond donors (Lipinski definition) is 0. The third kappa shape index (κ3) is 1.92. The lowest BCUT2D eigenvalue weighted by Gasteiger charge is -2.51. The first kappa shape index (κ1) is 14.1. The summed E-state index contributed by atoms with van der Waals surface area (Å²) in [7, 11) is 0. The van der Waals surface area contributed by atoms with Crippen LogP contribution in [0.1, 0.15) is 51.3 Å². The molecular formula is C16H26N2O2. The van der Waals surface area contributed by atoms with E-state index in [0.717, 1.165) is 39.0 Å². The van der Waals surface area contributed by atoms with Gasteiger partial charge in [-0.1, -0.05) is 20.8 Å². The summed E-state index contributed by atoms with van der Waals surface area (Å²) in [5.41, 5.74) is 2.23. The number of hydrogen-bond acceptors (Lipinski definition) is 3. The number of fused-ring (bicyclic) bond motifs is 1. The monoisotopic (exact) mass is 278 g/mol. The lowest BCUT2D eigenvalue weighted by atomic mass is 9.78. The Kier molecular flexibility index (Phi) is 3.41. The molecule has 4 nitrogen and oxygen atoms in total. The summed E-state index contributed by atoms with van der Waals surface area (Å²) in [6.45, 7) is 11.4. The molecule has 0 amide bonds. The molecule has 20 heavy (non-hydrogen) atoms. The highest BCUT2D eigenvalue weighted by Crippen LogP contribution is 2.48. The van der Waals surface area contributed by atoms with Crippen molar-refractivity contribution in [1.82, 2.24) is 9.78 Å². The van der Waals surface area contributed by atoms with Gasteiger partial charge in [-0.2, -0.15) is 5.10 Å². The molecule has 1 spiro atoms. The van der Waals surface area contributed by atoms with Crippen LogP contribution in [-0.2, 0) is 21.6 Å². The van der Waals surface area contributed by atoms with Gasteiger partial charge in [0.2, 0.25) is 0 Å². The molecule has 3 rings (SSSR count). The van der Waals surface area contributed by atoms with Crippen molar-refractivity contribution in [3.05, 3.63) is 17.5 Å². The van der Waals surface area contributed by atoms with Crippen LogP contribution in [-0.4, -0.2) is 28.6 Å². The fourth-order valence-corrected chi connectivity index (χ4v) is 3.93. The fraction of sp³-hybridized carbons (Fsp3) is 0.812. The molecule has 0 bridgehead atoms. The van der Waals surface area contributed by atoms with Gasteiger partial charge >= 0.3 is 0 Å². The second-order valence-corrected chi connectivity index (χ2v) is 6.63. The minimum atomic E-state index is -0.212. The average Bonchev–Trinajstić information content (AvgIpc) is 2.80. The summed E-state index contributed by atoms with van der Waals surface area (Å²) in [4.78, 5) is 0. The van der Waals surface area contributed by atoms with Crippen LogP contribution < -0.4 is 0 Å². The van der Waals surface area contributed by atoms with E-state index in [1.165, 1.54) is 11.3 Å². The Bertz CT molecular complexity index is 489. The van der Waals surface area contributed by atoms with E-state index >= 15 is 0 Å². The topological polar surface area (TPSA) is 36.3 Å². The van der Waals surface area contributed by atoms with Gasteiger partial charge in [-0.15, -0.1) is 0 Å². The third-order valence-electron chi connectivity index (χ3n) is 5.12. The Morgan fingerprint density at radius 1 is 1.35 bits per heavy atom. The highest BCUT2D eigenvalue weighted by molar-refractivity contribution is 5.26. The van der Waals surface area contributed by atoms with Crippen LogP contribution in [0.2, 0.25) is 0 Å². The summed E-state index contributed by atoms with van der Waals surface area (Å²) in [6, 6.07) is 0. The van der Waals surface area contributed by atoms with Crippen LogP contribution in [0.4, 0.5) is 0 Å².